The Kier molecular flexibility index (Phi) is 7.72. The van der Waals surface area contributed by atoms with Crippen molar-refractivity contribution in [3.63, 3.8) is 0 Å². The van der Waals surface area contributed by atoms with E-state index in [0.29, 0.717) is 22.8 Å². The maximum Gasteiger partial charge on any atom is 0.308 e. The van der Waals surface area contributed by atoms with E-state index < -0.39 is 18.2 Å². The van der Waals surface area contributed by atoms with Crippen LogP contribution in [-0.2, 0) is 19.1 Å². The van der Waals surface area contributed by atoms with Gasteiger partial charge in [-0.1, -0.05) is 68.8 Å². The van der Waals surface area contributed by atoms with E-state index in [1.165, 1.54) is 6.92 Å². The molecule has 0 bridgehead atoms. The molecule has 0 N–H and O–H groups in total. The molecule has 37 heavy (non-hydrogen) atoms. The molecule has 0 saturated carbocycles. The SMILES string of the molecule is CCOC(=O)C[C@H]1O[C@H](c2cccc3c(C(C)=O)cccc23)c2cc(Cl)ccc2N(CC(C)(C)C)C1=O. The number of fused-ring (bicyclic) bond motifs is 2. The first-order valence-corrected chi connectivity index (χ1v) is 12.8. The van der Waals surface area contributed by atoms with Gasteiger partial charge in [-0.25, -0.2) is 0 Å². The minimum atomic E-state index is -1.07. The quantitative estimate of drug-likeness (QED) is 0.273. The van der Waals surface area contributed by atoms with Crippen molar-refractivity contribution in [1.82, 2.24) is 0 Å². The van der Waals surface area contributed by atoms with Crippen molar-refractivity contribution in [2.75, 3.05) is 18.1 Å². The third-order valence-electron chi connectivity index (χ3n) is 6.31. The summed E-state index contributed by atoms with van der Waals surface area (Å²) in [5, 5.41) is 2.13. The summed E-state index contributed by atoms with van der Waals surface area (Å²) in [4.78, 5) is 40.5. The van der Waals surface area contributed by atoms with Gasteiger partial charge in [-0.3, -0.25) is 14.4 Å². The van der Waals surface area contributed by atoms with Gasteiger partial charge in [-0.15, -0.1) is 0 Å². The van der Waals surface area contributed by atoms with Crippen LogP contribution in [0.3, 0.4) is 0 Å². The molecule has 194 valence electrons. The normalized spacial score (nSPS) is 17.9. The highest BCUT2D eigenvalue weighted by atomic mass is 35.5. The Hall–Kier alpha value is -3.22. The van der Waals surface area contributed by atoms with Crippen LogP contribution in [0.2, 0.25) is 5.02 Å². The molecule has 0 unspecified atom stereocenters. The highest BCUT2D eigenvalue weighted by Crippen LogP contribution is 2.43. The zero-order valence-electron chi connectivity index (χ0n) is 21.8. The van der Waals surface area contributed by atoms with Gasteiger partial charge in [0, 0.05) is 28.4 Å². The van der Waals surface area contributed by atoms with Gasteiger partial charge in [-0.2, -0.15) is 0 Å². The van der Waals surface area contributed by atoms with Gasteiger partial charge in [0.2, 0.25) is 0 Å². The first-order valence-electron chi connectivity index (χ1n) is 12.4. The molecule has 2 atom stereocenters. The standard InChI is InChI=1S/C30H32ClNO5/c1-6-36-27(34)16-26-29(35)32(17-30(3,4)5)25-14-13-19(31)15-24(25)28(37-26)23-12-8-10-21-20(18(2)33)9-7-11-22(21)23/h7-15,26,28H,6,16-17H2,1-5H3/t26-,28-/m1/s1. The molecule has 1 aliphatic rings. The Labute approximate surface area is 222 Å². The maximum absolute atomic E-state index is 13.9. The number of hydrogen-bond donors (Lipinski definition) is 0. The largest absolute Gasteiger partial charge is 0.466 e. The van der Waals surface area contributed by atoms with Crippen molar-refractivity contribution >= 4 is 45.7 Å². The lowest BCUT2D eigenvalue weighted by Gasteiger charge is -2.31. The molecular weight excluding hydrogens is 490 g/mol. The highest BCUT2D eigenvalue weighted by molar-refractivity contribution is 6.30. The molecule has 3 aromatic carbocycles. The number of hydrogen-bond acceptors (Lipinski definition) is 5. The summed E-state index contributed by atoms with van der Waals surface area (Å²) in [5.41, 5.74) is 2.56. The number of anilines is 1. The lowest BCUT2D eigenvalue weighted by molar-refractivity contribution is -0.151. The van der Waals surface area contributed by atoms with Gasteiger partial charge in [0.25, 0.3) is 5.91 Å². The van der Waals surface area contributed by atoms with Crippen LogP contribution in [0, 0.1) is 5.41 Å². The molecule has 1 aliphatic heterocycles. The van der Waals surface area contributed by atoms with E-state index in [1.54, 1.807) is 24.0 Å². The third kappa shape index (κ3) is 5.71. The fourth-order valence-corrected chi connectivity index (χ4v) is 5.00. The van der Waals surface area contributed by atoms with Crippen LogP contribution in [0.5, 0.6) is 0 Å². The van der Waals surface area contributed by atoms with Crippen LogP contribution >= 0.6 is 11.6 Å². The monoisotopic (exact) mass is 521 g/mol. The lowest BCUT2D eigenvalue weighted by atomic mass is 9.91. The van der Waals surface area contributed by atoms with Crippen molar-refractivity contribution < 1.29 is 23.9 Å². The van der Waals surface area contributed by atoms with Crippen LogP contribution in [0.1, 0.15) is 68.6 Å². The minimum absolute atomic E-state index is 0.0419. The number of halogens is 1. The van der Waals surface area contributed by atoms with Crippen LogP contribution in [0.15, 0.2) is 54.6 Å². The smallest absolute Gasteiger partial charge is 0.308 e. The van der Waals surface area contributed by atoms with Gasteiger partial charge in [-0.05, 0) is 53.8 Å². The summed E-state index contributed by atoms with van der Waals surface area (Å²) in [7, 11) is 0. The van der Waals surface area contributed by atoms with E-state index in [0.717, 1.165) is 21.9 Å². The number of ether oxygens (including phenoxy) is 2. The van der Waals surface area contributed by atoms with E-state index in [2.05, 4.69) is 0 Å². The molecule has 6 nitrogen and oxygen atoms in total. The number of rotatable bonds is 6. The summed E-state index contributed by atoms with van der Waals surface area (Å²) < 4.78 is 11.7. The average molecular weight is 522 g/mol. The molecule has 3 aromatic rings. The predicted octanol–water partition coefficient (Wildman–Crippen LogP) is 6.52. The summed E-state index contributed by atoms with van der Waals surface area (Å²) in [6, 6.07) is 16.7. The van der Waals surface area contributed by atoms with Crippen molar-refractivity contribution in [3.8, 4) is 0 Å². The second-order valence-corrected chi connectivity index (χ2v) is 10.9. The second kappa shape index (κ2) is 10.6. The maximum atomic E-state index is 13.9. The van der Waals surface area contributed by atoms with Crippen molar-refractivity contribution in [2.24, 2.45) is 5.41 Å². The number of nitrogens with zero attached hydrogens (tertiary/aromatic N) is 1. The van der Waals surface area contributed by atoms with Gasteiger partial charge in [0.15, 0.2) is 5.78 Å². The molecule has 0 aromatic heterocycles. The molecule has 4 rings (SSSR count). The summed E-state index contributed by atoms with van der Waals surface area (Å²) in [5.74, 6) is -0.852. The number of esters is 1. The van der Waals surface area contributed by atoms with Crippen LogP contribution in [0.25, 0.3) is 10.8 Å². The summed E-state index contributed by atoms with van der Waals surface area (Å²) >= 11 is 6.47. The Balaban J connectivity index is 1.96. The number of Topliss-reactive ketones (excluding diaryl/α,β-unsaturated/α-hetero) is 1. The topological polar surface area (TPSA) is 72.9 Å². The summed E-state index contributed by atoms with van der Waals surface area (Å²) in [6.07, 6.45) is -1.99. The van der Waals surface area contributed by atoms with Crippen LogP contribution in [0.4, 0.5) is 5.69 Å². The number of carbonyl (C=O) groups is 3. The Bertz CT molecular complexity index is 1360. The highest BCUT2D eigenvalue weighted by Gasteiger charge is 2.39. The summed E-state index contributed by atoms with van der Waals surface area (Å²) in [6.45, 7) is 10.0. The molecule has 0 radical (unpaired) electrons. The fraction of sp³-hybridized carbons (Fsp3) is 0.367. The van der Waals surface area contributed by atoms with E-state index >= 15 is 0 Å². The Morgan fingerprint density at radius 3 is 2.41 bits per heavy atom. The van der Waals surface area contributed by atoms with Gasteiger partial charge < -0.3 is 14.4 Å². The lowest BCUT2D eigenvalue weighted by Crippen LogP contribution is -2.44. The number of benzene rings is 3. The number of amides is 1. The van der Waals surface area contributed by atoms with E-state index in [4.69, 9.17) is 21.1 Å². The van der Waals surface area contributed by atoms with Crippen molar-refractivity contribution in [3.05, 3.63) is 76.3 Å². The molecule has 0 fully saturated rings. The first-order chi connectivity index (χ1) is 17.5. The Morgan fingerprint density at radius 2 is 1.73 bits per heavy atom. The number of ketones is 1. The molecule has 7 heteroatoms. The minimum Gasteiger partial charge on any atom is -0.466 e. The zero-order chi connectivity index (χ0) is 26.9. The average Bonchev–Trinajstić information content (AvgIpc) is 2.93. The molecule has 0 saturated heterocycles. The molecule has 0 aliphatic carbocycles. The molecular formula is C30H32ClNO5. The first kappa shape index (κ1) is 26.8. The van der Waals surface area contributed by atoms with E-state index in [1.807, 2.05) is 63.2 Å². The molecule has 1 amide bonds. The van der Waals surface area contributed by atoms with Crippen molar-refractivity contribution in [2.45, 2.75) is 53.2 Å². The van der Waals surface area contributed by atoms with Gasteiger partial charge >= 0.3 is 5.97 Å². The predicted molar refractivity (Wildman–Crippen MR) is 145 cm³/mol. The zero-order valence-corrected chi connectivity index (χ0v) is 22.6. The van der Waals surface area contributed by atoms with E-state index in [-0.39, 0.29) is 30.1 Å². The van der Waals surface area contributed by atoms with Gasteiger partial charge in [0.05, 0.1) is 13.0 Å². The van der Waals surface area contributed by atoms with Crippen LogP contribution < -0.4 is 4.90 Å². The molecule has 0 spiro atoms. The second-order valence-electron chi connectivity index (χ2n) is 10.5. The van der Waals surface area contributed by atoms with Crippen molar-refractivity contribution in [1.29, 1.82) is 0 Å². The number of carbonyl (C=O) groups excluding carboxylic acids is 3. The van der Waals surface area contributed by atoms with Gasteiger partial charge in [0.1, 0.15) is 12.2 Å². The molecule has 1 heterocycles. The van der Waals surface area contributed by atoms with E-state index in [9.17, 15) is 14.4 Å². The van der Waals surface area contributed by atoms with Crippen LogP contribution in [-0.4, -0.2) is 36.9 Å². The fourth-order valence-electron chi connectivity index (χ4n) is 4.82. The Morgan fingerprint density at radius 1 is 1.03 bits per heavy atom. The third-order valence-corrected chi connectivity index (χ3v) is 6.55.